The fourth-order valence-electron chi connectivity index (χ4n) is 1.65. The van der Waals surface area contributed by atoms with Crippen molar-refractivity contribution in [2.75, 3.05) is 6.61 Å². The quantitative estimate of drug-likeness (QED) is 0.752. The van der Waals surface area contributed by atoms with Crippen molar-refractivity contribution in [2.45, 2.75) is 46.1 Å². The maximum Gasteiger partial charge on any atom is 0.315 e. The average molecular weight is 250 g/mol. The van der Waals surface area contributed by atoms with Gasteiger partial charge < -0.3 is 9.47 Å². The molecule has 0 amide bonds. The third-order valence-corrected chi connectivity index (χ3v) is 2.73. The lowest BCUT2D eigenvalue weighted by molar-refractivity contribution is -0.148. The number of esters is 1. The van der Waals surface area contributed by atoms with Gasteiger partial charge in [0.1, 0.15) is 5.75 Å². The Bertz CT molecular complexity index is 391. The van der Waals surface area contributed by atoms with Crippen LogP contribution in [0, 0.1) is 0 Å². The van der Waals surface area contributed by atoms with E-state index in [2.05, 4.69) is 0 Å². The van der Waals surface area contributed by atoms with Gasteiger partial charge in [0.05, 0.1) is 18.1 Å². The second-order valence-corrected chi connectivity index (χ2v) is 5.04. The number of rotatable bonds is 5. The van der Waals surface area contributed by atoms with Gasteiger partial charge >= 0.3 is 5.97 Å². The standard InChI is InChI=1S/C15H22O3/c1-6-17-14(16)15(4,5)12-7-9-13(10-8-12)18-11(2)3/h7-11H,6H2,1-5H3. The molecule has 100 valence electrons. The summed E-state index contributed by atoms with van der Waals surface area (Å²) in [7, 11) is 0. The monoisotopic (exact) mass is 250 g/mol. The van der Waals surface area contributed by atoms with Crippen LogP contribution in [-0.4, -0.2) is 18.7 Å². The van der Waals surface area contributed by atoms with Gasteiger partial charge in [0.2, 0.25) is 0 Å². The molecule has 0 unspecified atom stereocenters. The molecule has 0 spiro atoms. The van der Waals surface area contributed by atoms with Gasteiger partial charge in [-0.2, -0.15) is 0 Å². The van der Waals surface area contributed by atoms with Gasteiger partial charge in [-0.15, -0.1) is 0 Å². The molecule has 18 heavy (non-hydrogen) atoms. The zero-order valence-corrected chi connectivity index (χ0v) is 11.8. The van der Waals surface area contributed by atoms with Crippen LogP contribution in [0.1, 0.15) is 40.2 Å². The molecule has 1 aromatic carbocycles. The Morgan fingerprint density at radius 2 is 1.78 bits per heavy atom. The molecule has 0 aromatic heterocycles. The Morgan fingerprint density at radius 1 is 1.22 bits per heavy atom. The van der Waals surface area contributed by atoms with Crippen molar-refractivity contribution in [3.63, 3.8) is 0 Å². The van der Waals surface area contributed by atoms with Gasteiger partial charge in [-0.05, 0) is 52.3 Å². The summed E-state index contributed by atoms with van der Waals surface area (Å²) in [6.45, 7) is 9.91. The van der Waals surface area contributed by atoms with Crippen LogP contribution in [0.4, 0.5) is 0 Å². The van der Waals surface area contributed by atoms with Crippen LogP contribution in [-0.2, 0) is 14.9 Å². The minimum atomic E-state index is -0.633. The van der Waals surface area contributed by atoms with Gasteiger partial charge in [0.25, 0.3) is 0 Å². The summed E-state index contributed by atoms with van der Waals surface area (Å²) < 4.78 is 10.7. The number of carbonyl (C=O) groups excluding carboxylic acids is 1. The van der Waals surface area contributed by atoms with Crippen molar-refractivity contribution >= 4 is 5.97 Å². The fraction of sp³-hybridized carbons (Fsp3) is 0.533. The van der Waals surface area contributed by atoms with Crippen LogP contribution in [0.25, 0.3) is 0 Å². The SMILES string of the molecule is CCOC(=O)C(C)(C)c1ccc(OC(C)C)cc1. The normalized spacial score (nSPS) is 11.4. The van der Waals surface area contributed by atoms with Gasteiger partial charge in [-0.25, -0.2) is 0 Å². The largest absolute Gasteiger partial charge is 0.491 e. The van der Waals surface area contributed by atoms with Crippen molar-refractivity contribution in [1.82, 2.24) is 0 Å². The van der Waals surface area contributed by atoms with Crippen molar-refractivity contribution in [3.8, 4) is 5.75 Å². The van der Waals surface area contributed by atoms with Gasteiger partial charge in [0, 0.05) is 0 Å². The zero-order chi connectivity index (χ0) is 13.8. The maximum atomic E-state index is 11.9. The lowest BCUT2D eigenvalue weighted by Gasteiger charge is -2.23. The maximum absolute atomic E-state index is 11.9. The molecule has 0 saturated heterocycles. The van der Waals surface area contributed by atoms with E-state index in [4.69, 9.17) is 9.47 Å². The summed E-state index contributed by atoms with van der Waals surface area (Å²) in [4.78, 5) is 11.9. The van der Waals surface area contributed by atoms with E-state index in [0.29, 0.717) is 6.61 Å². The van der Waals surface area contributed by atoms with E-state index in [1.165, 1.54) is 0 Å². The smallest absolute Gasteiger partial charge is 0.315 e. The molecule has 1 rings (SSSR count). The Morgan fingerprint density at radius 3 is 2.22 bits per heavy atom. The first-order valence-electron chi connectivity index (χ1n) is 6.32. The molecule has 0 radical (unpaired) electrons. The number of hydrogen-bond donors (Lipinski definition) is 0. The fourth-order valence-corrected chi connectivity index (χ4v) is 1.65. The van der Waals surface area contributed by atoms with E-state index in [0.717, 1.165) is 11.3 Å². The first kappa shape index (κ1) is 14.6. The Labute approximate surface area is 109 Å². The third kappa shape index (κ3) is 3.49. The van der Waals surface area contributed by atoms with Crippen molar-refractivity contribution in [3.05, 3.63) is 29.8 Å². The molecule has 0 aliphatic rings. The number of carbonyl (C=O) groups is 1. The average Bonchev–Trinajstić information content (AvgIpc) is 2.29. The molecule has 1 aromatic rings. The Hall–Kier alpha value is -1.51. The summed E-state index contributed by atoms with van der Waals surface area (Å²) >= 11 is 0. The minimum absolute atomic E-state index is 0.147. The zero-order valence-electron chi connectivity index (χ0n) is 11.8. The van der Waals surface area contributed by atoms with Gasteiger partial charge in [-0.1, -0.05) is 12.1 Å². The molecule has 0 saturated carbocycles. The molecular weight excluding hydrogens is 228 g/mol. The van der Waals surface area contributed by atoms with Gasteiger partial charge in [-0.3, -0.25) is 4.79 Å². The second kappa shape index (κ2) is 5.89. The second-order valence-electron chi connectivity index (χ2n) is 5.04. The van der Waals surface area contributed by atoms with E-state index in [1.54, 1.807) is 0 Å². The van der Waals surface area contributed by atoms with Crippen LogP contribution in [0.3, 0.4) is 0 Å². The van der Waals surface area contributed by atoms with Crippen LogP contribution >= 0.6 is 0 Å². The topological polar surface area (TPSA) is 35.5 Å². The van der Waals surface area contributed by atoms with Crippen molar-refractivity contribution in [2.24, 2.45) is 0 Å². The predicted molar refractivity (Wildman–Crippen MR) is 71.9 cm³/mol. The Balaban J connectivity index is 2.86. The molecule has 0 atom stereocenters. The lowest BCUT2D eigenvalue weighted by Crippen LogP contribution is -2.31. The number of hydrogen-bond acceptors (Lipinski definition) is 3. The first-order valence-corrected chi connectivity index (χ1v) is 6.32. The van der Waals surface area contributed by atoms with Crippen LogP contribution in [0.5, 0.6) is 5.75 Å². The predicted octanol–water partition coefficient (Wildman–Crippen LogP) is 3.31. The molecule has 3 heteroatoms. The van der Waals surface area contributed by atoms with Gasteiger partial charge in [0.15, 0.2) is 0 Å². The molecule has 0 heterocycles. The molecule has 0 N–H and O–H groups in total. The Kier molecular flexibility index (Phi) is 4.76. The van der Waals surface area contributed by atoms with E-state index >= 15 is 0 Å². The highest BCUT2D eigenvalue weighted by atomic mass is 16.5. The van der Waals surface area contributed by atoms with E-state index in [-0.39, 0.29) is 12.1 Å². The molecule has 0 bridgehead atoms. The number of ether oxygens (including phenoxy) is 2. The summed E-state index contributed by atoms with van der Waals surface area (Å²) in [6.07, 6.45) is 0.147. The summed E-state index contributed by atoms with van der Waals surface area (Å²) in [5.41, 5.74) is 0.295. The van der Waals surface area contributed by atoms with Crippen LogP contribution < -0.4 is 4.74 Å². The number of benzene rings is 1. The van der Waals surface area contributed by atoms with Crippen LogP contribution in [0.15, 0.2) is 24.3 Å². The molecule has 0 fully saturated rings. The third-order valence-electron chi connectivity index (χ3n) is 2.73. The highest BCUT2D eigenvalue weighted by molar-refractivity contribution is 5.82. The summed E-state index contributed by atoms with van der Waals surface area (Å²) in [6, 6.07) is 7.59. The molecule has 0 aliphatic heterocycles. The van der Waals surface area contributed by atoms with Crippen molar-refractivity contribution in [1.29, 1.82) is 0 Å². The summed E-state index contributed by atoms with van der Waals surface area (Å²) in [5.74, 6) is 0.607. The van der Waals surface area contributed by atoms with E-state index in [9.17, 15) is 4.79 Å². The van der Waals surface area contributed by atoms with E-state index in [1.807, 2.05) is 58.9 Å². The van der Waals surface area contributed by atoms with E-state index < -0.39 is 5.41 Å². The van der Waals surface area contributed by atoms with Crippen molar-refractivity contribution < 1.29 is 14.3 Å². The molecule has 3 nitrogen and oxygen atoms in total. The van der Waals surface area contributed by atoms with Crippen LogP contribution in [0.2, 0.25) is 0 Å². The first-order chi connectivity index (χ1) is 8.37. The minimum Gasteiger partial charge on any atom is -0.491 e. The highest BCUT2D eigenvalue weighted by Crippen LogP contribution is 2.26. The summed E-state index contributed by atoms with van der Waals surface area (Å²) in [5, 5.41) is 0. The molecule has 0 aliphatic carbocycles. The lowest BCUT2D eigenvalue weighted by atomic mass is 9.85. The highest BCUT2D eigenvalue weighted by Gasteiger charge is 2.31. The molecular formula is C15H22O3.